The number of benzene rings is 1. The number of aryl methyl sites for hydroxylation is 1. The largest absolute Gasteiger partial charge is 0.334 e. The van der Waals surface area contributed by atoms with Crippen molar-refractivity contribution in [1.29, 1.82) is 0 Å². The second-order valence-corrected chi connectivity index (χ2v) is 6.86. The minimum Gasteiger partial charge on any atom is -0.334 e. The first-order chi connectivity index (χ1) is 11.7. The van der Waals surface area contributed by atoms with Crippen molar-refractivity contribution < 1.29 is 4.79 Å². The SMILES string of the molecule is Cc1nnc2sc(C(=O)N3CCN(Cc4ccccc4)CC3)nn12. The maximum absolute atomic E-state index is 12.6. The fraction of sp³-hybridized carbons (Fsp3) is 0.375. The molecule has 8 heteroatoms. The van der Waals surface area contributed by atoms with E-state index in [2.05, 4.69) is 44.5 Å². The van der Waals surface area contributed by atoms with Gasteiger partial charge >= 0.3 is 0 Å². The van der Waals surface area contributed by atoms with Crippen LogP contribution in [0.1, 0.15) is 21.2 Å². The van der Waals surface area contributed by atoms with E-state index in [1.54, 1.807) is 4.52 Å². The van der Waals surface area contributed by atoms with E-state index >= 15 is 0 Å². The predicted octanol–water partition coefficient (Wildman–Crippen LogP) is 1.45. The number of hydrogen-bond donors (Lipinski definition) is 0. The third-order valence-electron chi connectivity index (χ3n) is 4.24. The molecule has 3 heterocycles. The first kappa shape index (κ1) is 15.2. The van der Waals surface area contributed by atoms with Gasteiger partial charge in [-0.1, -0.05) is 41.7 Å². The molecule has 124 valence electrons. The minimum absolute atomic E-state index is 0.00994. The van der Waals surface area contributed by atoms with Crippen LogP contribution in [0.5, 0.6) is 0 Å². The zero-order chi connectivity index (χ0) is 16.5. The van der Waals surface area contributed by atoms with Gasteiger partial charge in [0.25, 0.3) is 5.91 Å². The molecule has 1 aliphatic rings. The lowest BCUT2D eigenvalue weighted by Crippen LogP contribution is -2.48. The van der Waals surface area contributed by atoms with Crippen LogP contribution in [0, 0.1) is 6.92 Å². The number of hydrogen-bond acceptors (Lipinski definition) is 6. The third-order valence-corrected chi connectivity index (χ3v) is 5.13. The predicted molar refractivity (Wildman–Crippen MR) is 91.0 cm³/mol. The molecule has 0 unspecified atom stereocenters. The van der Waals surface area contributed by atoms with Gasteiger partial charge in [0, 0.05) is 32.7 Å². The quantitative estimate of drug-likeness (QED) is 0.721. The summed E-state index contributed by atoms with van der Waals surface area (Å²) in [4.78, 5) is 17.6. The Morgan fingerprint density at radius 2 is 1.88 bits per heavy atom. The molecule has 0 bridgehead atoms. The molecule has 1 fully saturated rings. The zero-order valence-corrected chi connectivity index (χ0v) is 14.2. The van der Waals surface area contributed by atoms with Crippen LogP contribution in [-0.2, 0) is 6.54 Å². The molecule has 24 heavy (non-hydrogen) atoms. The van der Waals surface area contributed by atoms with Crippen molar-refractivity contribution in [1.82, 2.24) is 29.6 Å². The van der Waals surface area contributed by atoms with Crippen LogP contribution >= 0.6 is 11.3 Å². The van der Waals surface area contributed by atoms with Crippen LogP contribution in [0.25, 0.3) is 4.96 Å². The number of piperazine rings is 1. The maximum Gasteiger partial charge on any atom is 0.284 e. The number of aromatic nitrogens is 4. The van der Waals surface area contributed by atoms with Gasteiger partial charge in [-0.3, -0.25) is 9.69 Å². The summed E-state index contributed by atoms with van der Waals surface area (Å²) in [7, 11) is 0. The van der Waals surface area contributed by atoms with Crippen LogP contribution in [0.4, 0.5) is 0 Å². The van der Waals surface area contributed by atoms with Gasteiger partial charge in [0.1, 0.15) is 0 Å². The summed E-state index contributed by atoms with van der Waals surface area (Å²) in [6.07, 6.45) is 0. The van der Waals surface area contributed by atoms with Crippen LogP contribution in [0.15, 0.2) is 30.3 Å². The highest BCUT2D eigenvalue weighted by Crippen LogP contribution is 2.17. The molecule has 0 radical (unpaired) electrons. The van der Waals surface area contributed by atoms with Crippen molar-refractivity contribution in [2.75, 3.05) is 26.2 Å². The Balaban J connectivity index is 1.39. The Bertz CT molecular complexity index is 850. The summed E-state index contributed by atoms with van der Waals surface area (Å²) in [6, 6.07) is 10.4. The second-order valence-electron chi connectivity index (χ2n) is 5.90. The Morgan fingerprint density at radius 3 is 2.58 bits per heavy atom. The highest BCUT2D eigenvalue weighted by atomic mass is 32.1. The lowest BCUT2D eigenvalue weighted by Gasteiger charge is -2.34. The smallest absolute Gasteiger partial charge is 0.284 e. The van der Waals surface area contributed by atoms with Crippen LogP contribution in [-0.4, -0.2) is 61.7 Å². The van der Waals surface area contributed by atoms with Crippen LogP contribution in [0.3, 0.4) is 0 Å². The lowest BCUT2D eigenvalue weighted by molar-refractivity contribution is 0.0627. The number of carbonyl (C=O) groups excluding carboxylic acids is 1. The molecule has 0 aliphatic carbocycles. The van der Waals surface area contributed by atoms with E-state index in [-0.39, 0.29) is 5.91 Å². The van der Waals surface area contributed by atoms with E-state index in [0.29, 0.717) is 15.8 Å². The van der Waals surface area contributed by atoms with Gasteiger partial charge in [0.05, 0.1) is 0 Å². The molecule has 7 nitrogen and oxygen atoms in total. The summed E-state index contributed by atoms with van der Waals surface area (Å²) in [5, 5.41) is 12.8. The molecule has 0 atom stereocenters. The number of carbonyl (C=O) groups is 1. The van der Waals surface area contributed by atoms with E-state index in [1.807, 2.05) is 17.9 Å². The van der Waals surface area contributed by atoms with E-state index in [4.69, 9.17) is 0 Å². The molecule has 1 aliphatic heterocycles. The molecule has 3 aromatic rings. The molecular formula is C16H18N6OS. The molecule has 1 amide bonds. The fourth-order valence-electron chi connectivity index (χ4n) is 2.89. The van der Waals surface area contributed by atoms with Gasteiger partial charge < -0.3 is 4.90 Å². The van der Waals surface area contributed by atoms with Crippen molar-refractivity contribution in [3.8, 4) is 0 Å². The molecule has 1 aromatic carbocycles. The Kier molecular flexibility index (Phi) is 3.99. The standard InChI is InChI=1S/C16H18N6OS/c1-12-17-18-16-22(12)19-14(24-16)15(23)21-9-7-20(8-10-21)11-13-5-3-2-4-6-13/h2-6H,7-11H2,1H3. The number of nitrogens with zero attached hydrogens (tertiary/aromatic N) is 6. The van der Waals surface area contributed by atoms with Gasteiger partial charge in [0.15, 0.2) is 5.82 Å². The van der Waals surface area contributed by atoms with Gasteiger partial charge in [-0.05, 0) is 12.5 Å². The van der Waals surface area contributed by atoms with E-state index in [1.165, 1.54) is 16.9 Å². The summed E-state index contributed by atoms with van der Waals surface area (Å²) >= 11 is 1.30. The van der Waals surface area contributed by atoms with Crippen molar-refractivity contribution in [3.63, 3.8) is 0 Å². The molecule has 1 saturated heterocycles. The van der Waals surface area contributed by atoms with Crippen molar-refractivity contribution in [2.45, 2.75) is 13.5 Å². The average Bonchev–Trinajstić information content (AvgIpc) is 3.18. The van der Waals surface area contributed by atoms with Gasteiger partial charge in [-0.15, -0.1) is 15.3 Å². The molecule has 2 aromatic heterocycles. The molecule has 4 rings (SSSR count). The third kappa shape index (κ3) is 2.90. The first-order valence-electron chi connectivity index (χ1n) is 7.95. The average molecular weight is 342 g/mol. The lowest BCUT2D eigenvalue weighted by atomic mass is 10.2. The molecule has 0 N–H and O–H groups in total. The molecule has 0 spiro atoms. The van der Waals surface area contributed by atoms with Gasteiger partial charge in [-0.25, -0.2) is 0 Å². The van der Waals surface area contributed by atoms with Crippen molar-refractivity contribution >= 4 is 22.2 Å². The number of fused-ring (bicyclic) bond motifs is 1. The summed E-state index contributed by atoms with van der Waals surface area (Å²) < 4.78 is 1.63. The molecular weight excluding hydrogens is 324 g/mol. The number of rotatable bonds is 3. The van der Waals surface area contributed by atoms with Crippen LogP contribution in [0.2, 0.25) is 0 Å². The highest BCUT2D eigenvalue weighted by molar-refractivity contribution is 7.18. The topological polar surface area (TPSA) is 66.6 Å². The fourth-order valence-corrected chi connectivity index (χ4v) is 3.74. The summed E-state index contributed by atoms with van der Waals surface area (Å²) in [5.41, 5.74) is 1.31. The Labute approximate surface area is 143 Å². The molecule has 0 saturated carbocycles. The summed E-state index contributed by atoms with van der Waals surface area (Å²) in [5.74, 6) is 0.692. The van der Waals surface area contributed by atoms with Gasteiger partial charge in [-0.2, -0.15) is 4.52 Å². The second kappa shape index (κ2) is 6.29. The van der Waals surface area contributed by atoms with E-state index < -0.39 is 0 Å². The normalized spacial score (nSPS) is 16.0. The minimum atomic E-state index is -0.00994. The van der Waals surface area contributed by atoms with Crippen molar-refractivity contribution in [2.24, 2.45) is 0 Å². The zero-order valence-electron chi connectivity index (χ0n) is 13.4. The number of amides is 1. The monoisotopic (exact) mass is 342 g/mol. The Morgan fingerprint density at radius 1 is 1.12 bits per heavy atom. The highest BCUT2D eigenvalue weighted by Gasteiger charge is 2.25. The van der Waals surface area contributed by atoms with Crippen molar-refractivity contribution in [3.05, 3.63) is 46.7 Å². The van der Waals surface area contributed by atoms with E-state index in [0.717, 1.165) is 32.7 Å². The summed E-state index contributed by atoms with van der Waals surface area (Å²) in [6.45, 7) is 5.97. The van der Waals surface area contributed by atoms with E-state index in [9.17, 15) is 4.79 Å². The maximum atomic E-state index is 12.6. The van der Waals surface area contributed by atoms with Gasteiger partial charge in [0.2, 0.25) is 9.97 Å². The van der Waals surface area contributed by atoms with Crippen LogP contribution < -0.4 is 0 Å². The first-order valence-corrected chi connectivity index (χ1v) is 8.77. The Hall–Kier alpha value is -2.32.